The van der Waals surface area contributed by atoms with Gasteiger partial charge in [0, 0.05) is 5.69 Å². The van der Waals surface area contributed by atoms with Crippen molar-refractivity contribution >= 4 is 11.6 Å². The largest absolute Gasteiger partial charge is 0.371 e. The Hall–Kier alpha value is -1.58. The summed E-state index contributed by atoms with van der Waals surface area (Å²) in [6.45, 7) is 3.76. The van der Waals surface area contributed by atoms with Crippen molar-refractivity contribution in [1.29, 1.82) is 0 Å². The van der Waals surface area contributed by atoms with E-state index in [2.05, 4.69) is 5.32 Å². The summed E-state index contributed by atoms with van der Waals surface area (Å²) in [5.41, 5.74) is 6.26. The van der Waals surface area contributed by atoms with Gasteiger partial charge in [0.15, 0.2) is 0 Å². The number of aryl methyl sites for hydroxylation is 1. The maximum Gasteiger partial charge on any atom is 0.243 e. The van der Waals surface area contributed by atoms with Crippen LogP contribution in [0.25, 0.3) is 0 Å². The van der Waals surface area contributed by atoms with E-state index in [0.29, 0.717) is 12.1 Å². The van der Waals surface area contributed by atoms with E-state index in [9.17, 15) is 9.18 Å². The van der Waals surface area contributed by atoms with E-state index in [0.717, 1.165) is 18.4 Å². The molecular formula is C14H19FN2O. The third-order valence-corrected chi connectivity index (χ3v) is 3.68. The number of hydrogen-bond donors (Lipinski definition) is 2. The Kier molecular flexibility index (Phi) is 3.28. The zero-order valence-electron chi connectivity index (χ0n) is 10.8. The predicted octanol–water partition coefficient (Wildman–Crippen LogP) is 2.59. The first-order valence-corrected chi connectivity index (χ1v) is 6.33. The fourth-order valence-corrected chi connectivity index (χ4v) is 2.56. The van der Waals surface area contributed by atoms with Gasteiger partial charge in [0.1, 0.15) is 11.4 Å². The van der Waals surface area contributed by atoms with Crippen molar-refractivity contribution in [3.63, 3.8) is 0 Å². The van der Waals surface area contributed by atoms with Crippen molar-refractivity contribution in [3.05, 3.63) is 29.6 Å². The molecule has 1 atom stereocenters. The van der Waals surface area contributed by atoms with Crippen molar-refractivity contribution in [3.8, 4) is 0 Å². The van der Waals surface area contributed by atoms with Crippen LogP contribution >= 0.6 is 0 Å². The Morgan fingerprint density at radius 3 is 2.61 bits per heavy atom. The monoisotopic (exact) mass is 250 g/mol. The van der Waals surface area contributed by atoms with Crippen LogP contribution in [0.15, 0.2) is 18.2 Å². The zero-order valence-corrected chi connectivity index (χ0v) is 10.8. The van der Waals surface area contributed by atoms with E-state index >= 15 is 0 Å². The SMILES string of the molecule is CCC(Nc1cc(C)cc(F)c1)(C(N)=O)C1CC1. The Morgan fingerprint density at radius 2 is 2.17 bits per heavy atom. The van der Waals surface area contributed by atoms with Gasteiger partial charge in [-0.15, -0.1) is 0 Å². The lowest BCUT2D eigenvalue weighted by Crippen LogP contribution is -2.52. The third kappa shape index (κ3) is 2.33. The summed E-state index contributed by atoms with van der Waals surface area (Å²) in [6, 6.07) is 4.70. The van der Waals surface area contributed by atoms with E-state index in [1.54, 1.807) is 0 Å². The van der Waals surface area contributed by atoms with Crippen LogP contribution in [0.5, 0.6) is 0 Å². The Labute approximate surface area is 107 Å². The predicted molar refractivity (Wildman–Crippen MR) is 69.7 cm³/mol. The van der Waals surface area contributed by atoms with Gasteiger partial charge < -0.3 is 11.1 Å². The summed E-state index contributed by atoms with van der Waals surface area (Å²) in [4.78, 5) is 11.8. The second kappa shape index (κ2) is 4.59. The number of amides is 1. The van der Waals surface area contributed by atoms with Crippen molar-refractivity contribution in [2.24, 2.45) is 11.7 Å². The number of carbonyl (C=O) groups is 1. The normalized spacial score (nSPS) is 18.2. The molecule has 0 radical (unpaired) electrons. The number of carbonyl (C=O) groups excluding carboxylic acids is 1. The van der Waals surface area contributed by atoms with Gasteiger partial charge in [-0.05, 0) is 55.9 Å². The molecule has 0 spiro atoms. The highest BCUT2D eigenvalue weighted by Gasteiger charge is 2.48. The Balaban J connectivity index is 2.31. The average molecular weight is 250 g/mol. The summed E-state index contributed by atoms with van der Waals surface area (Å²) >= 11 is 0. The lowest BCUT2D eigenvalue weighted by molar-refractivity contribution is -0.123. The second-order valence-corrected chi connectivity index (χ2v) is 5.11. The summed E-state index contributed by atoms with van der Waals surface area (Å²) in [6.07, 6.45) is 2.61. The van der Waals surface area contributed by atoms with Crippen LogP contribution in [0.1, 0.15) is 31.7 Å². The average Bonchev–Trinajstić information content (AvgIpc) is 3.08. The molecule has 0 bridgehead atoms. The second-order valence-electron chi connectivity index (χ2n) is 5.11. The molecule has 0 aromatic heterocycles. The number of hydrogen-bond acceptors (Lipinski definition) is 2. The van der Waals surface area contributed by atoms with Crippen molar-refractivity contribution in [1.82, 2.24) is 0 Å². The number of halogens is 1. The van der Waals surface area contributed by atoms with Gasteiger partial charge in [-0.25, -0.2) is 4.39 Å². The summed E-state index contributed by atoms with van der Waals surface area (Å²) in [7, 11) is 0. The Morgan fingerprint density at radius 1 is 1.50 bits per heavy atom. The zero-order chi connectivity index (χ0) is 13.3. The minimum atomic E-state index is -0.736. The molecular weight excluding hydrogens is 231 g/mol. The van der Waals surface area contributed by atoms with Crippen LogP contribution in [-0.2, 0) is 4.79 Å². The molecule has 2 rings (SSSR count). The van der Waals surface area contributed by atoms with E-state index in [1.165, 1.54) is 12.1 Å². The molecule has 0 aliphatic heterocycles. The molecule has 3 nitrogen and oxygen atoms in total. The molecule has 1 amide bonds. The summed E-state index contributed by atoms with van der Waals surface area (Å²) in [5, 5.41) is 3.17. The van der Waals surface area contributed by atoms with Crippen molar-refractivity contribution < 1.29 is 9.18 Å². The van der Waals surface area contributed by atoms with Gasteiger partial charge in [-0.1, -0.05) is 6.92 Å². The first-order valence-electron chi connectivity index (χ1n) is 6.33. The van der Waals surface area contributed by atoms with Gasteiger partial charge in [0.2, 0.25) is 5.91 Å². The van der Waals surface area contributed by atoms with Gasteiger partial charge in [-0.3, -0.25) is 4.79 Å². The number of rotatable bonds is 5. The molecule has 3 N–H and O–H groups in total. The number of anilines is 1. The minimum Gasteiger partial charge on any atom is -0.371 e. The highest BCUT2D eigenvalue weighted by Crippen LogP contribution is 2.43. The third-order valence-electron chi connectivity index (χ3n) is 3.68. The minimum absolute atomic E-state index is 0.267. The molecule has 0 saturated heterocycles. The van der Waals surface area contributed by atoms with E-state index in [4.69, 9.17) is 5.73 Å². The molecule has 1 aliphatic carbocycles. The van der Waals surface area contributed by atoms with E-state index in [-0.39, 0.29) is 17.6 Å². The molecule has 1 fully saturated rings. The van der Waals surface area contributed by atoms with Crippen LogP contribution in [0.4, 0.5) is 10.1 Å². The molecule has 1 saturated carbocycles. The Bertz CT molecular complexity index is 451. The molecule has 1 unspecified atom stereocenters. The van der Waals surface area contributed by atoms with Gasteiger partial charge in [0.25, 0.3) is 0 Å². The number of nitrogens with one attached hydrogen (secondary N) is 1. The van der Waals surface area contributed by atoms with E-state index in [1.807, 2.05) is 19.9 Å². The topological polar surface area (TPSA) is 55.1 Å². The van der Waals surface area contributed by atoms with Crippen LogP contribution in [0, 0.1) is 18.7 Å². The van der Waals surface area contributed by atoms with Crippen LogP contribution in [0.3, 0.4) is 0 Å². The van der Waals surface area contributed by atoms with Crippen molar-refractivity contribution in [2.75, 3.05) is 5.32 Å². The lowest BCUT2D eigenvalue weighted by Gasteiger charge is -2.32. The van der Waals surface area contributed by atoms with Gasteiger partial charge >= 0.3 is 0 Å². The maximum atomic E-state index is 13.4. The molecule has 1 aromatic carbocycles. The molecule has 1 aromatic rings. The molecule has 4 heteroatoms. The fraction of sp³-hybridized carbons (Fsp3) is 0.500. The molecule has 18 heavy (non-hydrogen) atoms. The molecule has 98 valence electrons. The highest BCUT2D eigenvalue weighted by molar-refractivity contribution is 5.88. The maximum absolute atomic E-state index is 13.4. The smallest absolute Gasteiger partial charge is 0.243 e. The van der Waals surface area contributed by atoms with Gasteiger partial charge in [-0.2, -0.15) is 0 Å². The fourth-order valence-electron chi connectivity index (χ4n) is 2.56. The number of benzene rings is 1. The van der Waals surface area contributed by atoms with Crippen LogP contribution in [-0.4, -0.2) is 11.4 Å². The first kappa shape index (κ1) is 12.9. The van der Waals surface area contributed by atoms with E-state index < -0.39 is 5.54 Å². The first-order chi connectivity index (χ1) is 8.48. The van der Waals surface area contributed by atoms with Gasteiger partial charge in [0.05, 0.1) is 0 Å². The van der Waals surface area contributed by atoms with Crippen molar-refractivity contribution in [2.45, 2.75) is 38.6 Å². The number of nitrogens with two attached hydrogens (primary N) is 1. The summed E-state index contributed by atoms with van der Waals surface area (Å²) < 4.78 is 13.4. The quantitative estimate of drug-likeness (QED) is 0.844. The summed E-state index contributed by atoms with van der Waals surface area (Å²) in [5.74, 6) is -0.388. The standard InChI is InChI=1S/C14H19FN2O/c1-3-14(13(16)18,10-4-5-10)17-12-7-9(2)6-11(15)8-12/h6-8,10,17H,3-5H2,1-2H3,(H2,16,18). The van der Waals surface area contributed by atoms with Crippen LogP contribution < -0.4 is 11.1 Å². The van der Waals surface area contributed by atoms with Crippen LogP contribution in [0.2, 0.25) is 0 Å². The highest BCUT2D eigenvalue weighted by atomic mass is 19.1. The number of primary amides is 1. The lowest BCUT2D eigenvalue weighted by atomic mass is 9.88. The molecule has 0 heterocycles. The molecule has 1 aliphatic rings.